The molecule has 0 aromatic heterocycles. The first kappa shape index (κ1) is 14.9. The van der Waals surface area contributed by atoms with Crippen molar-refractivity contribution in [1.82, 2.24) is 5.32 Å². The zero-order valence-electron chi connectivity index (χ0n) is 10.7. The minimum atomic E-state index is -4.61. The van der Waals surface area contributed by atoms with E-state index in [2.05, 4.69) is 5.32 Å². The summed E-state index contributed by atoms with van der Waals surface area (Å²) in [7, 11) is -4.61. The van der Waals surface area contributed by atoms with Crippen molar-refractivity contribution in [2.45, 2.75) is 42.4 Å². The molecular weight excluding hydrogens is 288 g/mol. The van der Waals surface area contributed by atoms with Gasteiger partial charge in [-0.2, -0.15) is 8.78 Å². The molecule has 0 radical (unpaired) electrons. The van der Waals surface area contributed by atoms with E-state index in [0.29, 0.717) is 0 Å². The van der Waals surface area contributed by atoms with Gasteiger partial charge in [0.05, 0.1) is 4.90 Å². The molecule has 0 unspecified atom stereocenters. The quantitative estimate of drug-likeness (QED) is 0.928. The minimum Gasteiger partial charge on any atom is -0.349 e. The standard InChI is InChI=1S/C13H15F2NO3S/c14-13(15)20(18,19)11-7-5-9(6-8-11)12(17)16-10-3-1-2-4-10/h5-8,10,13H,1-4H2,(H,16,17). The Hall–Kier alpha value is -1.50. The van der Waals surface area contributed by atoms with Gasteiger partial charge in [0.2, 0.25) is 9.84 Å². The number of alkyl halides is 2. The lowest BCUT2D eigenvalue weighted by atomic mass is 10.2. The Bertz CT molecular complexity index is 578. The van der Waals surface area contributed by atoms with Crippen molar-refractivity contribution in [3.63, 3.8) is 0 Å². The van der Waals surface area contributed by atoms with Crippen LogP contribution in [0.25, 0.3) is 0 Å². The molecule has 0 spiro atoms. The predicted molar refractivity (Wildman–Crippen MR) is 69.4 cm³/mol. The fourth-order valence-electron chi connectivity index (χ4n) is 2.24. The molecule has 0 atom stereocenters. The average molecular weight is 303 g/mol. The highest BCUT2D eigenvalue weighted by Crippen LogP contribution is 2.20. The summed E-state index contributed by atoms with van der Waals surface area (Å²) in [4.78, 5) is 11.4. The van der Waals surface area contributed by atoms with Gasteiger partial charge in [-0.05, 0) is 37.1 Å². The number of nitrogens with one attached hydrogen (secondary N) is 1. The topological polar surface area (TPSA) is 63.2 Å². The molecule has 7 heteroatoms. The largest absolute Gasteiger partial charge is 0.349 e. The number of rotatable bonds is 4. The molecule has 1 saturated carbocycles. The molecule has 4 nitrogen and oxygen atoms in total. The summed E-state index contributed by atoms with van der Waals surface area (Å²) in [5.41, 5.74) is 0.269. The van der Waals surface area contributed by atoms with E-state index in [0.717, 1.165) is 37.8 Å². The van der Waals surface area contributed by atoms with Crippen LogP contribution >= 0.6 is 0 Å². The Balaban J connectivity index is 2.10. The monoisotopic (exact) mass is 303 g/mol. The summed E-state index contributed by atoms with van der Waals surface area (Å²) in [5, 5.41) is 2.84. The van der Waals surface area contributed by atoms with Crippen molar-refractivity contribution < 1.29 is 22.0 Å². The SMILES string of the molecule is O=C(NC1CCCC1)c1ccc(S(=O)(=O)C(F)F)cc1. The van der Waals surface area contributed by atoms with Crippen molar-refractivity contribution in [2.24, 2.45) is 0 Å². The highest BCUT2D eigenvalue weighted by molar-refractivity contribution is 7.91. The third kappa shape index (κ3) is 3.15. The first-order chi connectivity index (χ1) is 9.41. The van der Waals surface area contributed by atoms with Crippen molar-refractivity contribution in [3.05, 3.63) is 29.8 Å². The maximum absolute atomic E-state index is 12.4. The van der Waals surface area contributed by atoms with Crippen molar-refractivity contribution in [2.75, 3.05) is 0 Å². The Labute approximate surface area is 116 Å². The van der Waals surface area contributed by atoms with E-state index in [1.54, 1.807) is 0 Å². The summed E-state index contributed by atoms with van der Waals surface area (Å²) in [6, 6.07) is 4.71. The smallest absolute Gasteiger partial charge is 0.341 e. The van der Waals surface area contributed by atoms with E-state index in [-0.39, 0.29) is 17.5 Å². The lowest BCUT2D eigenvalue weighted by molar-refractivity contribution is 0.0938. The van der Waals surface area contributed by atoms with Gasteiger partial charge in [0.15, 0.2) is 0 Å². The highest BCUT2D eigenvalue weighted by atomic mass is 32.2. The first-order valence-corrected chi connectivity index (χ1v) is 7.89. The molecule has 0 aliphatic heterocycles. The molecule has 0 heterocycles. The van der Waals surface area contributed by atoms with E-state index >= 15 is 0 Å². The van der Waals surface area contributed by atoms with E-state index in [1.165, 1.54) is 12.1 Å². The summed E-state index contributed by atoms with van der Waals surface area (Å²) in [5.74, 6) is -3.77. The lowest BCUT2D eigenvalue weighted by Gasteiger charge is -2.12. The van der Waals surface area contributed by atoms with Gasteiger partial charge < -0.3 is 5.32 Å². The normalized spacial score (nSPS) is 16.6. The Morgan fingerprint density at radius 1 is 1.15 bits per heavy atom. The molecule has 0 bridgehead atoms. The summed E-state index contributed by atoms with van der Waals surface area (Å²) in [6.45, 7) is 0. The van der Waals surface area contributed by atoms with Crippen LogP contribution in [0.3, 0.4) is 0 Å². The number of hydrogen-bond acceptors (Lipinski definition) is 3. The molecule has 1 fully saturated rings. The molecule has 2 rings (SSSR count). The summed E-state index contributed by atoms with van der Waals surface area (Å²) >= 11 is 0. The summed E-state index contributed by atoms with van der Waals surface area (Å²) < 4.78 is 47.2. The van der Waals surface area contributed by atoms with Crippen LogP contribution in [0, 0.1) is 0 Å². The van der Waals surface area contributed by atoms with Crippen LogP contribution in [-0.2, 0) is 9.84 Å². The van der Waals surface area contributed by atoms with E-state index < -0.39 is 20.5 Å². The molecular formula is C13H15F2NO3S. The molecule has 20 heavy (non-hydrogen) atoms. The van der Waals surface area contributed by atoms with Crippen LogP contribution in [0.2, 0.25) is 0 Å². The van der Waals surface area contributed by atoms with Gasteiger partial charge in [-0.3, -0.25) is 4.79 Å². The molecule has 1 amide bonds. The average Bonchev–Trinajstić information content (AvgIpc) is 2.91. The Morgan fingerprint density at radius 2 is 1.70 bits per heavy atom. The number of sulfone groups is 1. The highest BCUT2D eigenvalue weighted by Gasteiger charge is 2.26. The van der Waals surface area contributed by atoms with Gasteiger partial charge in [-0.15, -0.1) is 0 Å². The second kappa shape index (κ2) is 5.87. The Kier molecular flexibility index (Phi) is 4.37. The van der Waals surface area contributed by atoms with Gasteiger partial charge in [0, 0.05) is 11.6 Å². The first-order valence-electron chi connectivity index (χ1n) is 6.34. The Morgan fingerprint density at radius 3 is 2.20 bits per heavy atom. The number of carbonyl (C=O) groups is 1. The second-order valence-corrected chi connectivity index (χ2v) is 6.70. The van der Waals surface area contributed by atoms with E-state index in [1.807, 2.05) is 0 Å². The molecule has 1 aromatic carbocycles. The van der Waals surface area contributed by atoms with E-state index in [9.17, 15) is 22.0 Å². The van der Waals surface area contributed by atoms with Crippen LogP contribution in [0.15, 0.2) is 29.2 Å². The molecule has 1 aliphatic rings. The minimum absolute atomic E-state index is 0.145. The third-order valence-electron chi connectivity index (χ3n) is 3.37. The van der Waals surface area contributed by atoms with Crippen molar-refractivity contribution in [3.8, 4) is 0 Å². The predicted octanol–water partition coefficient (Wildman–Crippen LogP) is 2.36. The van der Waals surface area contributed by atoms with Gasteiger partial charge in [-0.25, -0.2) is 8.42 Å². The fraction of sp³-hybridized carbons (Fsp3) is 0.462. The van der Waals surface area contributed by atoms with Crippen molar-refractivity contribution >= 4 is 15.7 Å². The van der Waals surface area contributed by atoms with Gasteiger partial charge >= 0.3 is 5.76 Å². The number of hydrogen-bond donors (Lipinski definition) is 1. The maximum Gasteiger partial charge on any atom is 0.341 e. The maximum atomic E-state index is 12.4. The zero-order valence-corrected chi connectivity index (χ0v) is 11.5. The molecule has 1 aliphatic carbocycles. The molecule has 110 valence electrons. The van der Waals surface area contributed by atoms with Gasteiger partial charge in [0.25, 0.3) is 5.91 Å². The lowest BCUT2D eigenvalue weighted by Crippen LogP contribution is -2.32. The molecule has 1 N–H and O–H groups in total. The molecule has 0 saturated heterocycles. The number of benzene rings is 1. The van der Waals surface area contributed by atoms with Crippen LogP contribution in [0.5, 0.6) is 0 Å². The zero-order chi connectivity index (χ0) is 14.8. The van der Waals surface area contributed by atoms with Crippen LogP contribution in [-0.4, -0.2) is 26.1 Å². The van der Waals surface area contributed by atoms with Crippen LogP contribution in [0.1, 0.15) is 36.0 Å². The number of amides is 1. The van der Waals surface area contributed by atoms with Gasteiger partial charge in [0.1, 0.15) is 0 Å². The van der Waals surface area contributed by atoms with Crippen LogP contribution in [0.4, 0.5) is 8.78 Å². The summed E-state index contributed by atoms with van der Waals surface area (Å²) in [6.07, 6.45) is 4.03. The molecule has 1 aromatic rings. The fourth-order valence-corrected chi connectivity index (χ4v) is 2.96. The van der Waals surface area contributed by atoms with Gasteiger partial charge in [-0.1, -0.05) is 12.8 Å². The van der Waals surface area contributed by atoms with Crippen LogP contribution < -0.4 is 5.32 Å². The number of carbonyl (C=O) groups excluding carboxylic acids is 1. The third-order valence-corrected chi connectivity index (χ3v) is 4.77. The second-order valence-electron chi connectivity index (χ2n) is 4.78. The van der Waals surface area contributed by atoms with Crippen molar-refractivity contribution in [1.29, 1.82) is 0 Å². The van der Waals surface area contributed by atoms with E-state index in [4.69, 9.17) is 0 Å². The number of halogens is 2.